The molecule has 30 heavy (non-hydrogen) atoms. The summed E-state index contributed by atoms with van der Waals surface area (Å²) in [5.41, 5.74) is 2.87. The van der Waals surface area contributed by atoms with Gasteiger partial charge in [-0.2, -0.15) is 0 Å². The number of rotatable bonds is 4. The molecule has 1 amide bonds. The van der Waals surface area contributed by atoms with Crippen molar-refractivity contribution in [3.8, 4) is 11.1 Å². The number of halogens is 1. The van der Waals surface area contributed by atoms with E-state index in [2.05, 4.69) is 19.2 Å². The molecule has 3 aromatic rings. The topological polar surface area (TPSA) is 66.5 Å². The summed E-state index contributed by atoms with van der Waals surface area (Å²) in [6.45, 7) is 3.67. The van der Waals surface area contributed by atoms with Crippen LogP contribution in [0.5, 0.6) is 0 Å². The highest BCUT2D eigenvalue weighted by molar-refractivity contribution is 7.93. The Morgan fingerprint density at radius 2 is 1.70 bits per heavy atom. The fourth-order valence-corrected chi connectivity index (χ4v) is 5.21. The Hall–Kier alpha value is -3.19. The van der Waals surface area contributed by atoms with Gasteiger partial charge in [-0.15, -0.1) is 0 Å². The normalized spacial score (nSPS) is 14.2. The van der Waals surface area contributed by atoms with Crippen LogP contribution in [0.1, 0.15) is 25.3 Å². The lowest BCUT2D eigenvalue weighted by molar-refractivity contribution is -0.114. The molecule has 1 heterocycles. The second-order valence-corrected chi connectivity index (χ2v) is 9.30. The molecule has 3 aromatic carbocycles. The standard InChI is InChI=1S/C23H21FN2O3S/c1-15(2)16-11-12-21-18(13-16)17-7-3-6-10-22(17)30(28,29)26(21)14-23(27)25-20-9-5-4-8-19(20)24/h3-13,15H,14H2,1-2H3,(H,25,27). The molecular formula is C23H21FN2O3S. The molecule has 0 aliphatic carbocycles. The Bertz CT molecular complexity index is 1240. The fourth-order valence-electron chi connectivity index (χ4n) is 3.56. The molecule has 0 unspecified atom stereocenters. The van der Waals surface area contributed by atoms with Gasteiger partial charge in [0.1, 0.15) is 12.4 Å². The summed E-state index contributed by atoms with van der Waals surface area (Å²) in [6.07, 6.45) is 0. The molecule has 0 aromatic heterocycles. The minimum atomic E-state index is -3.95. The van der Waals surface area contributed by atoms with Gasteiger partial charge in [-0.1, -0.05) is 50.2 Å². The number of anilines is 2. The summed E-state index contributed by atoms with van der Waals surface area (Å²) >= 11 is 0. The van der Waals surface area contributed by atoms with Crippen molar-refractivity contribution in [2.24, 2.45) is 0 Å². The average Bonchev–Trinajstić information content (AvgIpc) is 2.72. The highest BCUT2D eigenvalue weighted by Crippen LogP contribution is 2.43. The zero-order valence-electron chi connectivity index (χ0n) is 16.6. The number of carbonyl (C=O) groups is 1. The molecule has 1 N–H and O–H groups in total. The summed E-state index contributed by atoms with van der Waals surface area (Å²) in [5.74, 6) is -0.944. The number of sulfonamides is 1. The lowest BCUT2D eigenvalue weighted by Gasteiger charge is -2.32. The van der Waals surface area contributed by atoms with Crippen LogP contribution in [0.15, 0.2) is 71.6 Å². The third-order valence-corrected chi connectivity index (χ3v) is 6.95. The quantitative estimate of drug-likeness (QED) is 0.656. The van der Waals surface area contributed by atoms with Gasteiger partial charge in [-0.05, 0) is 41.8 Å². The zero-order valence-corrected chi connectivity index (χ0v) is 17.4. The number of nitrogens with one attached hydrogen (secondary N) is 1. The van der Waals surface area contributed by atoms with E-state index in [1.807, 2.05) is 12.1 Å². The van der Waals surface area contributed by atoms with Crippen molar-refractivity contribution in [1.29, 1.82) is 0 Å². The summed E-state index contributed by atoms with van der Waals surface area (Å²) in [7, 11) is -3.95. The van der Waals surface area contributed by atoms with Crippen LogP contribution in [0.2, 0.25) is 0 Å². The lowest BCUT2D eigenvalue weighted by Crippen LogP contribution is -2.40. The predicted molar refractivity (Wildman–Crippen MR) is 116 cm³/mol. The smallest absolute Gasteiger partial charge is 0.265 e. The monoisotopic (exact) mass is 424 g/mol. The van der Waals surface area contributed by atoms with Crippen LogP contribution < -0.4 is 9.62 Å². The van der Waals surface area contributed by atoms with E-state index in [1.165, 1.54) is 24.3 Å². The van der Waals surface area contributed by atoms with Gasteiger partial charge in [0.2, 0.25) is 5.91 Å². The van der Waals surface area contributed by atoms with Crippen molar-refractivity contribution < 1.29 is 17.6 Å². The predicted octanol–water partition coefficient (Wildman–Crippen LogP) is 4.76. The Kier molecular flexibility index (Phi) is 5.07. The molecule has 5 nitrogen and oxygen atoms in total. The van der Waals surface area contributed by atoms with E-state index in [-0.39, 0.29) is 16.5 Å². The van der Waals surface area contributed by atoms with Gasteiger partial charge in [-0.25, -0.2) is 12.8 Å². The summed E-state index contributed by atoms with van der Waals surface area (Å²) in [6, 6.07) is 18.1. The number of hydrogen-bond donors (Lipinski definition) is 1. The van der Waals surface area contributed by atoms with Gasteiger partial charge in [0, 0.05) is 11.1 Å². The van der Waals surface area contributed by atoms with Crippen molar-refractivity contribution in [1.82, 2.24) is 0 Å². The number of carbonyl (C=O) groups excluding carboxylic acids is 1. The Morgan fingerprint density at radius 1 is 1.00 bits per heavy atom. The largest absolute Gasteiger partial charge is 0.322 e. The third-order valence-electron chi connectivity index (χ3n) is 5.14. The van der Waals surface area contributed by atoms with Gasteiger partial charge in [0.15, 0.2) is 0 Å². The van der Waals surface area contributed by atoms with Crippen LogP contribution in [-0.4, -0.2) is 20.9 Å². The number of nitrogens with zero attached hydrogens (tertiary/aromatic N) is 1. The third kappa shape index (κ3) is 3.45. The van der Waals surface area contributed by atoms with E-state index in [0.717, 1.165) is 15.4 Å². The number of amides is 1. The van der Waals surface area contributed by atoms with Crippen LogP contribution in [0.25, 0.3) is 11.1 Å². The van der Waals surface area contributed by atoms with Gasteiger partial charge in [0.05, 0.1) is 16.3 Å². The molecule has 0 saturated carbocycles. The molecule has 4 rings (SSSR count). The van der Waals surface area contributed by atoms with Crippen molar-refractivity contribution in [3.63, 3.8) is 0 Å². The highest BCUT2D eigenvalue weighted by atomic mass is 32.2. The molecule has 7 heteroatoms. The SMILES string of the molecule is CC(C)c1ccc2c(c1)-c1ccccc1S(=O)(=O)N2CC(=O)Nc1ccccc1F. The van der Waals surface area contributed by atoms with Crippen molar-refractivity contribution in [2.45, 2.75) is 24.7 Å². The van der Waals surface area contributed by atoms with Gasteiger partial charge in [-0.3, -0.25) is 9.10 Å². The van der Waals surface area contributed by atoms with E-state index in [1.54, 1.807) is 30.3 Å². The van der Waals surface area contributed by atoms with Gasteiger partial charge >= 0.3 is 0 Å². The molecule has 0 atom stereocenters. The van der Waals surface area contributed by atoms with Crippen LogP contribution in [0.3, 0.4) is 0 Å². The number of hydrogen-bond acceptors (Lipinski definition) is 3. The van der Waals surface area contributed by atoms with Crippen molar-refractivity contribution >= 4 is 27.3 Å². The second-order valence-electron chi connectivity index (χ2n) is 7.47. The molecule has 154 valence electrons. The number of fused-ring (bicyclic) bond motifs is 3. The minimum Gasteiger partial charge on any atom is -0.322 e. The summed E-state index contributed by atoms with van der Waals surface area (Å²) in [5, 5.41) is 2.46. The van der Waals surface area contributed by atoms with Gasteiger partial charge in [0.25, 0.3) is 10.0 Å². The molecule has 0 fully saturated rings. The van der Waals surface area contributed by atoms with Crippen molar-refractivity contribution in [2.75, 3.05) is 16.2 Å². The second kappa shape index (κ2) is 7.57. The maximum Gasteiger partial charge on any atom is 0.265 e. The van der Waals surface area contributed by atoms with E-state index >= 15 is 0 Å². The van der Waals surface area contributed by atoms with Gasteiger partial charge < -0.3 is 5.32 Å². The van der Waals surface area contributed by atoms with Crippen LogP contribution in [-0.2, 0) is 14.8 Å². The molecule has 0 saturated heterocycles. The Morgan fingerprint density at radius 3 is 2.43 bits per heavy atom. The summed E-state index contributed by atoms with van der Waals surface area (Å²) in [4.78, 5) is 12.8. The Labute approximate surface area is 175 Å². The fraction of sp³-hybridized carbons (Fsp3) is 0.174. The first kappa shape index (κ1) is 20.1. The molecule has 0 spiro atoms. The molecule has 0 radical (unpaired) electrons. The first-order chi connectivity index (χ1) is 14.3. The maximum absolute atomic E-state index is 13.9. The first-order valence-electron chi connectivity index (χ1n) is 9.59. The van der Waals surface area contributed by atoms with E-state index in [4.69, 9.17) is 0 Å². The maximum atomic E-state index is 13.9. The van der Waals surface area contributed by atoms with Crippen LogP contribution >= 0.6 is 0 Å². The summed E-state index contributed by atoms with van der Waals surface area (Å²) < 4.78 is 41.6. The van der Waals surface area contributed by atoms with E-state index in [9.17, 15) is 17.6 Å². The van der Waals surface area contributed by atoms with E-state index in [0.29, 0.717) is 11.3 Å². The van der Waals surface area contributed by atoms with Crippen molar-refractivity contribution in [3.05, 3.63) is 78.1 Å². The minimum absolute atomic E-state index is 0.00712. The number of para-hydroxylation sites is 1. The average molecular weight is 424 g/mol. The first-order valence-corrected chi connectivity index (χ1v) is 11.0. The molecule has 1 aliphatic rings. The Balaban J connectivity index is 1.77. The van der Waals surface area contributed by atoms with Crippen LogP contribution in [0, 0.1) is 5.82 Å². The van der Waals surface area contributed by atoms with E-state index < -0.39 is 28.3 Å². The zero-order chi connectivity index (χ0) is 21.5. The van der Waals surface area contributed by atoms with Crippen LogP contribution in [0.4, 0.5) is 15.8 Å². The highest BCUT2D eigenvalue weighted by Gasteiger charge is 2.36. The lowest BCUT2D eigenvalue weighted by atomic mass is 9.95. The molecule has 0 bridgehead atoms. The number of benzene rings is 3. The molecule has 1 aliphatic heterocycles. The molecular weight excluding hydrogens is 403 g/mol.